The monoisotopic (exact) mass is 1280 g/mol. The molecule has 2 amide bonds. The van der Waals surface area contributed by atoms with Crippen LogP contribution in [0, 0.1) is 17.8 Å². The molecule has 0 aromatic heterocycles. The number of cyclic esters (lactones) is 1. The number of carbonyl (C=O) groups excluding carboxylic acids is 5. The SMILES string of the molecule is CNc1ccc(C(=O)CC(O)CC[C@H](C)[C@H]2OC(=O)C[C@H](O)CC(=O)CC(O)CC(O)CC(O)CC(O)C[C@]3(O)C[C@H](O)[C@@H](C(=O)NCCN(C)C)[C@H](C[C@@H](O[C@@H]4OC(C)[C@@H](O)[C@H](NC(=O)CN(C)C)[C@@H]4O)/C=C/C=C/C=C/C=C/C=C/C=C/C=C/[C@@H]2C)O3)cc1. The van der Waals surface area contributed by atoms with Gasteiger partial charge in [0.15, 0.2) is 17.9 Å². The molecular formula is C67H103N5O19. The van der Waals surface area contributed by atoms with Gasteiger partial charge in [-0.15, -0.1) is 0 Å². The Labute approximate surface area is 535 Å². The standard InChI is InChI=1S/C67H103N5O19/c1-42-21-19-17-15-13-11-9-10-12-14-16-18-20-22-54(89-66-63(85)61(62(84)44(3)88-66)70-58(82)41-72(7)8)38-57-60(65(86)69-29-30-71(5)6)56(81)40-67(87,91-57)39-53(79)35-51(77)33-49(75)31-48(74)32-50(76)34-52(78)37-59(83)90-64(42)43(2)23-28-47(73)36-55(80)45-24-26-46(68-4)27-25-45/h9-22,24-27,42-44,47-49,51-54,56-57,60-64,66,68,73-75,77-79,81,84-85,87H,23,28-41H2,1-8H3,(H,69,86)(H,70,82)/b10-9+,13-11+,14-12+,17-15+,18-16+,21-19+,22-20+/t42-,43-,44?,47?,48?,49?,51?,52+,53?,54-,56-,57-,60+,61-,62+,63-,64-,66-,67+/m0/s1. The molecule has 19 atom stereocenters. The molecule has 0 spiro atoms. The van der Waals surface area contributed by atoms with Crippen LogP contribution < -0.4 is 16.0 Å². The maximum absolute atomic E-state index is 14.0. The minimum Gasteiger partial charge on any atom is -0.461 e. The summed E-state index contributed by atoms with van der Waals surface area (Å²) < 4.78 is 24.6. The van der Waals surface area contributed by atoms with Gasteiger partial charge in [-0.2, -0.15) is 0 Å². The maximum Gasteiger partial charge on any atom is 0.308 e. The highest BCUT2D eigenvalue weighted by Crippen LogP contribution is 2.38. The number of hydrogen-bond donors (Lipinski definition) is 13. The second-order valence-corrected chi connectivity index (χ2v) is 24.9. The van der Waals surface area contributed by atoms with E-state index in [1.165, 1.54) is 6.92 Å². The molecule has 1 aromatic rings. The number of amides is 2. The Morgan fingerprint density at radius 2 is 1.27 bits per heavy atom. The van der Waals surface area contributed by atoms with Crippen LogP contribution in [-0.2, 0) is 38.1 Å². The van der Waals surface area contributed by atoms with Crippen molar-refractivity contribution < 1.29 is 94.0 Å². The van der Waals surface area contributed by atoms with Gasteiger partial charge in [-0.25, -0.2) is 0 Å². The molecule has 3 aliphatic rings. The Morgan fingerprint density at radius 3 is 1.87 bits per heavy atom. The summed E-state index contributed by atoms with van der Waals surface area (Å²) in [6.45, 7) is 5.81. The normalized spacial score (nSPS) is 34.9. The van der Waals surface area contributed by atoms with E-state index < -0.39 is 178 Å². The molecule has 1 aromatic carbocycles. The van der Waals surface area contributed by atoms with Gasteiger partial charge in [0.2, 0.25) is 11.8 Å². The van der Waals surface area contributed by atoms with Gasteiger partial charge in [0, 0.05) is 75.8 Å². The molecule has 6 unspecified atom stereocenters. The van der Waals surface area contributed by atoms with Gasteiger partial charge in [0.25, 0.3) is 0 Å². The van der Waals surface area contributed by atoms with E-state index in [-0.39, 0.29) is 50.0 Å². The number of benzene rings is 1. The second kappa shape index (κ2) is 39.8. The number of allylic oxidation sites excluding steroid dienone is 12. The fourth-order valence-electron chi connectivity index (χ4n) is 11.3. The number of Topliss-reactive ketones (excluding diaryl/α,β-unsaturated/α-hetero) is 2. The van der Waals surface area contributed by atoms with Crippen LogP contribution in [0.3, 0.4) is 0 Å². The molecule has 3 heterocycles. The van der Waals surface area contributed by atoms with E-state index in [0.717, 1.165) is 5.69 Å². The van der Waals surface area contributed by atoms with Crippen LogP contribution in [0.4, 0.5) is 5.69 Å². The lowest BCUT2D eigenvalue weighted by molar-refractivity contribution is -0.307. The van der Waals surface area contributed by atoms with Crippen molar-refractivity contribution in [2.75, 3.05) is 60.2 Å². The van der Waals surface area contributed by atoms with Crippen molar-refractivity contribution in [3.8, 4) is 0 Å². The summed E-state index contributed by atoms with van der Waals surface area (Å²) in [5.41, 5.74) is 1.30. The predicted octanol–water partition coefficient (Wildman–Crippen LogP) is 2.06. The molecular weight excluding hydrogens is 1180 g/mol. The average Bonchev–Trinajstić information content (AvgIpc) is 0.818. The Hall–Kier alpha value is -5.65. The van der Waals surface area contributed by atoms with Crippen molar-refractivity contribution >= 4 is 35.0 Å². The summed E-state index contributed by atoms with van der Waals surface area (Å²) >= 11 is 0. The lowest BCUT2D eigenvalue weighted by Crippen LogP contribution is -2.64. The number of ketones is 2. The van der Waals surface area contributed by atoms with Gasteiger partial charge >= 0.3 is 5.97 Å². The number of ether oxygens (including phenoxy) is 4. The number of fused-ring (bicyclic) bond motifs is 2. The van der Waals surface area contributed by atoms with Gasteiger partial charge in [0.05, 0.1) is 86.0 Å². The first-order valence-corrected chi connectivity index (χ1v) is 31.5. The van der Waals surface area contributed by atoms with Crippen LogP contribution in [0.5, 0.6) is 0 Å². The molecule has 24 heteroatoms. The number of esters is 1. The van der Waals surface area contributed by atoms with Crippen LogP contribution in [0.1, 0.15) is 108 Å². The Kier molecular flexibility index (Phi) is 34.0. The molecule has 2 fully saturated rings. The highest BCUT2D eigenvalue weighted by molar-refractivity contribution is 5.96. The number of aliphatic hydroxyl groups excluding tert-OH is 9. The molecule has 3 aliphatic heterocycles. The molecule has 2 bridgehead atoms. The molecule has 0 aliphatic carbocycles. The summed E-state index contributed by atoms with van der Waals surface area (Å²) in [4.78, 5) is 69.8. The zero-order valence-corrected chi connectivity index (χ0v) is 53.9. The van der Waals surface area contributed by atoms with Crippen molar-refractivity contribution in [1.82, 2.24) is 20.4 Å². The summed E-state index contributed by atoms with van der Waals surface area (Å²) in [5, 5.41) is 121. The Balaban J connectivity index is 1.62. The van der Waals surface area contributed by atoms with Gasteiger partial charge in [-0.05, 0) is 97.4 Å². The number of nitrogens with zero attached hydrogens (tertiary/aromatic N) is 2. The number of nitrogens with one attached hydrogen (secondary N) is 3. The third-order valence-corrected chi connectivity index (χ3v) is 16.0. The zero-order chi connectivity index (χ0) is 67.4. The largest absolute Gasteiger partial charge is 0.461 e. The lowest BCUT2D eigenvalue weighted by Gasteiger charge is -2.46. The molecule has 13 N–H and O–H groups in total. The fourth-order valence-corrected chi connectivity index (χ4v) is 11.3. The average molecular weight is 1280 g/mol. The number of carbonyl (C=O) groups is 5. The number of aliphatic hydroxyl groups is 10. The quantitative estimate of drug-likeness (QED) is 0.0784. The molecule has 24 nitrogen and oxygen atoms in total. The first-order valence-electron chi connectivity index (χ1n) is 31.5. The molecule has 0 saturated carbocycles. The van der Waals surface area contributed by atoms with E-state index in [1.807, 2.05) is 38.9 Å². The summed E-state index contributed by atoms with van der Waals surface area (Å²) in [6.07, 6.45) is 2.19. The minimum absolute atomic E-state index is 0.0513. The van der Waals surface area contributed by atoms with Crippen molar-refractivity contribution in [3.63, 3.8) is 0 Å². The molecule has 0 radical (unpaired) electrons. The van der Waals surface area contributed by atoms with Gasteiger partial charge < -0.3 is 95.8 Å². The lowest BCUT2D eigenvalue weighted by atomic mass is 9.82. The Bertz CT molecular complexity index is 2610. The van der Waals surface area contributed by atoms with E-state index >= 15 is 0 Å². The van der Waals surface area contributed by atoms with E-state index in [2.05, 4.69) is 16.0 Å². The topological polar surface area (TPSA) is 367 Å². The van der Waals surface area contributed by atoms with Gasteiger partial charge in [0.1, 0.15) is 24.1 Å². The third-order valence-electron chi connectivity index (χ3n) is 16.0. The summed E-state index contributed by atoms with van der Waals surface area (Å²) in [5.74, 6) is -7.10. The summed E-state index contributed by atoms with van der Waals surface area (Å²) in [7, 11) is 8.75. The van der Waals surface area contributed by atoms with Crippen molar-refractivity contribution in [2.24, 2.45) is 17.8 Å². The third kappa shape index (κ3) is 28.6. The van der Waals surface area contributed by atoms with Crippen LogP contribution >= 0.6 is 0 Å². The van der Waals surface area contributed by atoms with Crippen molar-refractivity contribution in [1.29, 1.82) is 0 Å². The number of rotatable bonds is 17. The smallest absolute Gasteiger partial charge is 0.308 e. The van der Waals surface area contributed by atoms with E-state index in [9.17, 15) is 75.0 Å². The molecule has 91 heavy (non-hydrogen) atoms. The van der Waals surface area contributed by atoms with E-state index in [1.54, 1.807) is 129 Å². The number of anilines is 1. The number of likely N-dealkylation sites (N-methyl/N-ethyl adjacent to an activating group) is 2. The first-order chi connectivity index (χ1) is 43.1. The zero-order valence-electron chi connectivity index (χ0n) is 53.9. The van der Waals surface area contributed by atoms with E-state index in [0.29, 0.717) is 18.5 Å². The van der Waals surface area contributed by atoms with Gasteiger partial charge in [-0.3, -0.25) is 24.0 Å². The Morgan fingerprint density at radius 1 is 0.703 bits per heavy atom. The minimum atomic E-state index is -2.32. The van der Waals surface area contributed by atoms with Gasteiger partial charge in [-0.1, -0.05) is 98.9 Å². The van der Waals surface area contributed by atoms with Crippen LogP contribution in [0.25, 0.3) is 0 Å². The predicted molar refractivity (Wildman–Crippen MR) is 342 cm³/mol. The van der Waals surface area contributed by atoms with Crippen LogP contribution in [-0.4, -0.2) is 243 Å². The maximum atomic E-state index is 14.0. The van der Waals surface area contributed by atoms with Crippen LogP contribution in [0.2, 0.25) is 0 Å². The van der Waals surface area contributed by atoms with Crippen molar-refractivity contribution in [2.45, 2.75) is 195 Å². The summed E-state index contributed by atoms with van der Waals surface area (Å²) in [6, 6.07) is 5.68. The molecule has 510 valence electrons. The molecule has 2 saturated heterocycles. The first kappa shape index (κ1) is 77.8. The van der Waals surface area contributed by atoms with E-state index in [4.69, 9.17) is 18.9 Å². The fraction of sp³-hybridized carbons (Fsp3) is 0.627. The second-order valence-electron chi connectivity index (χ2n) is 24.9. The highest BCUT2D eigenvalue weighted by Gasteiger charge is 2.51. The number of hydrogen-bond acceptors (Lipinski definition) is 22. The van der Waals surface area contributed by atoms with Crippen LogP contribution in [0.15, 0.2) is 109 Å². The molecule has 4 rings (SSSR count). The van der Waals surface area contributed by atoms with Crippen molar-refractivity contribution in [3.05, 3.63) is 115 Å². The highest BCUT2D eigenvalue weighted by atomic mass is 16.7.